The molecule has 2 aromatic heterocycles. The van der Waals surface area contributed by atoms with Crippen LogP contribution in [0.25, 0.3) is 21.0 Å². The summed E-state index contributed by atoms with van der Waals surface area (Å²) in [7, 11) is 0. The number of benzene rings is 2. The van der Waals surface area contributed by atoms with Crippen molar-refractivity contribution in [2.45, 2.75) is 39.1 Å². The van der Waals surface area contributed by atoms with Gasteiger partial charge in [0.15, 0.2) is 0 Å². The number of ether oxygens (including phenoxy) is 2. The summed E-state index contributed by atoms with van der Waals surface area (Å²) in [6, 6.07) is 14.0. The number of carbonyl (C=O) groups is 1. The molecule has 0 N–H and O–H groups in total. The lowest BCUT2D eigenvalue weighted by molar-refractivity contribution is -0.137. The molecule has 0 atom stereocenters. The van der Waals surface area contributed by atoms with Crippen molar-refractivity contribution in [2.24, 2.45) is 0 Å². The molecule has 212 valence electrons. The van der Waals surface area contributed by atoms with Gasteiger partial charge in [-0.3, -0.25) is 4.79 Å². The maximum atomic E-state index is 14.4. The first kappa shape index (κ1) is 29.5. The number of halogens is 5. The van der Waals surface area contributed by atoms with Crippen molar-refractivity contribution >= 4 is 17.5 Å². The smallest absolute Gasteiger partial charge is 0.428 e. The third kappa shape index (κ3) is 6.81. The van der Waals surface area contributed by atoms with E-state index in [-0.39, 0.29) is 21.9 Å². The van der Waals surface area contributed by atoms with Crippen LogP contribution in [0.2, 0.25) is 0 Å². The van der Waals surface area contributed by atoms with Crippen LogP contribution in [-0.4, -0.2) is 16.3 Å². The second kappa shape index (κ2) is 11.2. The molecule has 0 saturated heterocycles. The fourth-order valence-corrected chi connectivity index (χ4v) is 4.88. The van der Waals surface area contributed by atoms with Crippen LogP contribution in [0.4, 0.5) is 26.7 Å². The average molecular weight is 589 g/mol. The molecule has 4 aromatic rings. The summed E-state index contributed by atoms with van der Waals surface area (Å²) in [4.78, 5) is 25.8. The van der Waals surface area contributed by atoms with Gasteiger partial charge in [-0.25, -0.2) is 13.6 Å². The van der Waals surface area contributed by atoms with Crippen molar-refractivity contribution in [3.05, 3.63) is 99.3 Å². The molecule has 0 radical (unpaired) electrons. The number of aromatic nitrogens is 1. The molecule has 2 heterocycles. The van der Waals surface area contributed by atoms with Crippen LogP contribution in [-0.2, 0) is 17.5 Å². The van der Waals surface area contributed by atoms with Gasteiger partial charge in [-0.1, -0.05) is 6.07 Å². The van der Waals surface area contributed by atoms with E-state index in [0.717, 1.165) is 28.0 Å². The van der Waals surface area contributed by atoms with Gasteiger partial charge >= 0.3 is 12.3 Å². The molecule has 2 aromatic carbocycles. The van der Waals surface area contributed by atoms with Crippen molar-refractivity contribution < 1.29 is 36.2 Å². The Labute approximate surface area is 234 Å². The largest absolute Gasteiger partial charge is 0.514 e. The number of thiophene rings is 1. The Hall–Kier alpha value is -4.50. The number of nitrogens with zero attached hydrogens (tertiary/aromatic N) is 2. The van der Waals surface area contributed by atoms with Gasteiger partial charge < -0.3 is 14.0 Å². The molecule has 12 heteroatoms. The Morgan fingerprint density at radius 1 is 0.976 bits per heavy atom. The van der Waals surface area contributed by atoms with E-state index >= 15 is 0 Å². The highest BCUT2D eigenvalue weighted by Crippen LogP contribution is 2.38. The molecule has 0 aliphatic carbocycles. The molecular formula is C29H21F5N2O4S. The van der Waals surface area contributed by atoms with Gasteiger partial charge in [0.2, 0.25) is 0 Å². The normalized spacial score (nSPS) is 11.7. The monoisotopic (exact) mass is 588 g/mol. The van der Waals surface area contributed by atoms with Crippen LogP contribution in [0.3, 0.4) is 0 Å². The molecule has 0 saturated carbocycles. The number of carbonyl (C=O) groups excluding carboxylic acids is 1. The molecule has 0 fully saturated rings. The molecular weight excluding hydrogens is 567 g/mol. The minimum Gasteiger partial charge on any atom is -0.428 e. The van der Waals surface area contributed by atoms with E-state index < -0.39 is 52.8 Å². The van der Waals surface area contributed by atoms with Crippen LogP contribution in [0.15, 0.2) is 65.5 Å². The van der Waals surface area contributed by atoms with E-state index in [4.69, 9.17) is 9.47 Å². The zero-order chi connectivity index (χ0) is 30.1. The molecule has 0 unspecified atom stereocenters. The quantitative estimate of drug-likeness (QED) is 0.135. The third-order valence-corrected chi connectivity index (χ3v) is 6.81. The number of hydrogen-bond donors (Lipinski definition) is 0. The van der Waals surface area contributed by atoms with E-state index in [1.54, 1.807) is 39.0 Å². The molecule has 0 spiro atoms. The SMILES string of the molecule is CC(C)(C)OC(=O)Oc1ccc(-c2ccc(-c3cc(C(F)(F)F)c(C#N)c(=O)n3Cc3ccc(F)cc3F)s2)cc1. The highest BCUT2D eigenvalue weighted by molar-refractivity contribution is 7.18. The standard InChI is InChI=1S/C29H21F5N2O4S/c1-28(2,3)40-27(38)39-19-8-5-16(6-9-19)24-10-11-25(41-24)23-13-21(29(32,33)34)20(14-35)26(37)36(23)15-17-4-7-18(30)12-22(17)31/h4-13H,15H2,1-3H3. The maximum absolute atomic E-state index is 14.4. The van der Waals surface area contributed by atoms with Crippen LogP contribution >= 0.6 is 11.3 Å². The Balaban J connectivity index is 1.75. The van der Waals surface area contributed by atoms with Gasteiger partial charge in [0.1, 0.15) is 34.6 Å². The molecule has 0 aliphatic heterocycles. The fraction of sp³-hybridized carbons (Fsp3) is 0.207. The van der Waals surface area contributed by atoms with Crippen molar-refractivity contribution in [2.75, 3.05) is 0 Å². The summed E-state index contributed by atoms with van der Waals surface area (Å²) < 4.78 is 80.4. The molecule has 6 nitrogen and oxygen atoms in total. The van der Waals surface area contributed by atoms with Gasteiger partial charge in [0.25, 0.3) is 5.56 Å². The Bertz CT molecular complexity index is 1710. The number of rotatable bonds is 5. The van der Waals surface area contributed by atoms with Crippen molar-refractivity contribution in [1.82, 2.24) is 4.57 Å². The Morgan fingerprint density at radius 2 is 1.63 bits per heavy atom. The summed E-state index contributed by atoms with van der Waals surface area (Å²) in [6.07, 6.45) is -5.90. The summed E-state index contributed by atoms with van der Waals surface area (Å²) >= 11 is 1.04. The third-order valence-electron chi connectivity index (χ3n) is 5.65. The predicted molar refractivity (Wildman–Crippen MR) is 141 cm³/mol. The average Bonchev–Trinajstić information content (AvgIpc) is 3.35. The Kier molecular flexibility index (Phi) is 8.03. The second-order valence-corrected chi connectivity index (χ2v) is 10.9. The minimum atomic E-state index is -5.01. The predicted octanol–water partition coefficient (Wildman–Crippen LogP) is 7.77. The zero-order valence-electron chi connectivity index (χ0n) is 21.8. The van der Waals surface area contributed by atoms with Crippen molar-refractivity contribution in [3.63, 3.8) is 0 Å². The van der Waals surface area contributed by atoms with Crippen LogP contribution in [0.1, 0.15) is 37.5 Å². The van der Waals surface area contributed by atoms with E-state index in [1.165, 1.54) is 24.3 Å². The van der Waals surface area contributed by atoms with Gasteiger partial charge in [-0.05, 0) is 74.9 Å². The summed E-state index contributed by atoms with van der Waals surface area (Å²) in [5.74, 6) is -1.66. The van der Waals surface area contributed by atoms with Gasteiger partial charge in [-0.15, -0.1) is 11.3 Å². The van der Waals surface area contributed by atoms with E-state index in [2.05, 4.69) is 0 Å². The number of pyridine rings is 1. The number of nitriles is 1. The molecule has 0 amide bonds. The topological polar surface area (TPSA) is 81.3 Å². The minimum absolute atomic E-state index is 0.157. The fourth-order valence-electron chi connectivity index (χ4n) is 3.84. The molecule has 41 heavy (non-hydrogen) atoms. The second-order valence-electron chi connectivity index (χ2n) is 9.81. The maximum Gasteiger partial charge on any atom is 0.514 e. The number of alkyl halides is 3. The lowest BCUT2D eigenvalue weighted by Crippen LogP contribution is -2.28. The zero-order valence-corrected chi connectivity index (χ0v) is 22.6. The lowest BCUT2D eigenvalue weighted by atomic mass is 10.1. The van der Waals surface area contributed by atoms with Crippen molar-refractivity contribution in [3.8, 4) is 32.8 Å². The Morgan fingerprint density at radius 3 is 2.22 bits per heavy atom. The molecule has 0 bridgehead atoms. The molecule has 4 rings (SSSR count). The van der Waals surface area contributed by atoms with Crippen LogP contribution in [0.5, 0.6) is 5.75 Å². The first-order valence-corrected chi connectivity index (χ1v) is 12.8. The molecule has 0 aliphatic rings. The van der Waals surface area contributed by atoms with Crippen LogP contribution < -0.4 is 10.3 Å². The highest BCUT2D eigenvalue weighted by atomic mass is 32.1. The summed E-state index contributed by atoms with van der Waals surface area (Å²) in [5.41, 5.74) is -4.30. The first-order valence-electron chi connectivity index (χ1n) is 12.0. The first-order chi connectivity index (χ1) is 19.2. The summed E-state index contributed by atoms with van der Waals surface area (Å²) in [6.45, 7) is 4.52. The van der Waals surface area contributed by atoms with Gasteiger partial charge in [-0.2, -0.15) is 18.4 Å². The number of hydrogen-bond acceptors (Lipinski definition) is 6. The van der Waals surface area contributed by atoms with E-state index in [1.807, 2.05) is 0 Å². The lowest BCUT2D eigenvalue weighted by Gasteiger charge is -2.18. The van der Waals surface area contributed by atoms with Gasteiger partial charge in [0, 0.05) is 16.5 Å². The van der Waals surface area contributed by atoms with Crippen LogP contribution in [0, 0.1) is 23.0 Å². The van der Waals surface area contributed by atoms with E-state index in [9.17, 15) is 36.8 Å². The van der Waals surface area contributed by atoms with Crippen molar-refractivity contribution in [1.29, 1.82) is 5.26 Å². The van der Waals surface area contributed by atoms with Gasteiger partial charge in [0.05, 0.1) is 22.7 Å². The highest BCUT2D eigenvalue weighted by Gasteiger charge is 2.37. The van der Waals surface area contributed by atoms with E-state index in [0.29, 0.717) is 22.6 Å². The summed E-state index contributed by atoms with van der Waals surface area (Å²) in [5, 5.41) is 9.37.